The first-order chi connectivity index (χ1) is 12.8. The summed E-state index contributed by atoms with van der Waals surface area (Å²) < 4.78 is 5.39. The number of nitrogens with one attached hydrogen (secondary N) is 3. The highest BCUT2D eigenvalue weighted by molar-refractivity contribution is 5.98. The normalized spacial score (nSPS) is 10.8. The lowest BCUT2D eigenvalue weighted by molar-refractivity contribution is -0.114. The highest BCUT2D eigenvalue weighted by Gasteiger charge is 2.15. The van der Waals surface area contributed by atoms with Gasteiger partial charge in [-0.25, -0.2) is 0 Å². The molecule has 0 radical (unpaired) electrons. The van der Waals surface area contributed by atoms with E-state index in [2.05, 4.69) is 16.0 Å². The van der Waals surface area contributed by atoms with Crippen molar-refractivity contribution in [1.29, 1.82) is 0 Å². The Hall–Kier alpha value is -3.02. The number of carbonyl (C=O) groups excluding carboxylic acids is 2. The summed E-state index contributed by atoms with van der Waals surface area (Å²) in [6.07, 6.45) is 0. The van der Waals surface area contributed by atoms with Crippen molar-refractivity contribution >= 4 is 23.2 Å². The molecule has 2 aromatic carbocycles. The van der Waals surface area contributed by atoms with Crippen LogP contribution in [-0.4, -0.2) is 30.5 Å². The van der Waals surface area contributed by atoms with Gasteiger partial charge in [-0.1, -0.05) is 6.07 Å². The molecule has 0 spiro atoms. The number of anilines is 2. The molecule has 6 heteroatoms. The summed E-state index contributed by atoms with van der Waals surface area (Å²) in [5, 5.41) is 8.75. The molecule has 2 amide bonds. The standard InChI is InChI=1S/C21H27N3O3/c1-5-27-18-11-9-16(10-12-18)22-14-19(25)23-17-8-6-7-15(13-17)20(26)24-21(2,3)4/h6-13,22H,5,14H2,1-4H3,(H,23,25)(H,24,26). The summed E-state index contributed by atoms with van der Waals surface area (Å²) in [7, 11) is 0. The van der Waals surface area contributed by atoms with E-state index in [1.807, 2.05) is 52.0 Å². The number of rotatable bonds is 7. The van der Waals surface area contributed by atoms with Gasteiger partial charge in [0.2, 0.25) is 5.91 Å². The first-order valence-electron chi connectivity index (χ1n) is 8.96. The maximum Gasteiger partial charge on any atom is 0.251 e. The van der Waals surface area contributed by atoms with Gasteiger partial charge >= 0.3 is 0 Å². The van der Waals surface area contributed by atoms with Crippen LogP contribution in [-0.2, 0) is 4.79 Å². The van der Waals surface area contributed by atoms with Crippen molar-refractivity contribution in [1.82, 2.24) is 5.32 Å². The molecule has 0 aliphatic heterocycles. The fourth-order valence-electron chi connectivity index (χ4n) is 2.37. The first kappa shape index (κ1) is 20.3. The Kier molecular flexibility index (Phi) is 6.82. The molecule has 2 rings (SSSR count). The maximum absolute atomic E-state index is 12.2. The third kappa shape index (κ3) is 7.01. The summed E-state index contributed by atoms with van der Waals surface area (Å²) in [5.74, 6) is 0.418. The van der Waals surface area contributed by atoms with Crippen LogP contribution in [0.5, 0.6) is 5.75 Å². The summed E-state index contributed by atoms with van der Waals surface area (Å²) >= 11 is 0. The molecule has 144 valence electrons. The molecule has 6 nitrogen and oxygen atoms in total. The van der Waals surface area contributed by atoms with Crippen molar-refractivity contribution in [3.63, 3.8) is 0 Å². The lowest BCUT2D eigenvalue weighted by Gasteiger charge is -2.20. The molecule has 0 heterocycles. The molecule has 0 saturated heterocycles. The van der Waals surface area contributed by atoms with Crippen molar-refractivity contribution in [2.75, 3.05) is 23.8 Å². The minimum Gasteiger partial charge on any atom is -0.494 e. The van der Waals surface area contributed by atoms with E-state index in [1.165, 1.54) is 0 Å². The second kappa shape index (κ2) is 9.07. The van der Waals surface area contributed by atoms with Gasteiger partial charge in [-0.15, -0.1) is 0 Å². The van der Waals surface area contributed by atoms with Gasteiger partial charge in [-0.05, 0) is 70.2 Å². The molecule has 0 saturated carbocycles. The average molecular weight is 369 g/mol. The van der Waals surface area contributed by atoms with Crippen molar-refractivity contribution in [2.45, 2.75) is 33.2 Å². The Bertz CT molecular complexity index is 780. The third-order valence-corrected chi connectivity index (χ3v) is 3.52. The average Bonchev–Trinajstić information content (AvgIpc) is 2.60. The van der Waals surface area contributed by atoms with Crippen LogP contribution in [0, 0.1) is 0 Å². The van der Waals surface area contributed by atoms with Gasteiger partial charge in [-0.2, -0.15) is 0 Å². The van der Waals surface area contributed by atoms with Crippen molar-refractivity contribution in [3.05, 3.63) is 54.1 Å². The van der Waals surface area contributed by atoms with E-state index in [0.29, 0.717) is 17.9 Å². The van der Waals surface area contributed by atoms with Crippen molar-refractivity contribution in [2.24, 2.45) is 0 Å². The fourth-order valence-corrected chi connectivity index (χ4v) is 2.37. The second-order valence-electron chi connectivity index (χ2n) is 7.14. The number of hydrogen-bond acceptors (Lipinski definition) is 4. The molecule has 0 aliphatic rings. The molecule has 0 aliphatic carbocycles. The highest BCUT2D eigenvalue weighted by Crippen LogP contribution is 2.16. The van der Waals surface area contributed by atoms with Gasteiger partial charge in [-0.3, -0.25) is 9.59 Å². The van der Waals surface area contributed by atoms with E-state index in [0.717, 1.165) is 11.4 Å². The monoisotopic (exact) mass is 369 g/mol. The van der Waals surface area contributed by atoms with Crippen LogP contribution in [0.2, 0.25) is 0 Å². The minimum absolute atomic E-state index is 0.117. The predicted molar refractivity (Wildman–Crippen MR) is 108 cm³/mol. The SMILES string of the molecule is CCOc1ccc(NCC(=O)Nc2cccc(C(=O)NC(C)(C)C)c2)cc1. The molecular formula is C21H27N3O3. The zero-order valence-corrected chi connectivity index (χ0v) is 16.3. The van der Waals surface area contributed by atoms with Crippen LogP contribution >= 0.6 is 0 Å². The Morgan fingerprint density at radius 3 is 2.33 bits per heavy atom. The van der Waals surface area contributed by atoms with E-state index in [-0.39, 0.29) is 23.9 Å². The number of ether oxygens (including phenoxy) is 1. The molecule has 27 heavy (non-hydrogen) atoms. The van der Waals surface area contributed by atoms with Gasteiger partial charge in [0.25, 0.3) is 5.91 Å². The molecule has 0 aromatic heterocycles. The Morgan fingerprint density at radius 2 is 1.70 bits per heavy atom. The van der Waals surface area contributed by atoms with E-state index < -0.39 is 0 Å². The molecule has 0 atom stereocenters. The quantitative estimate of drug-likeness (QED) is 0.696. The van der Waals surface area contributed by atoms with Gasteiger partial charge in [0, 0.05) is 22.5 Å². The maximum atomic E-state index is 12.2. The third-order valence-electron chi connectivity index (χ3n) is 3.52. The Balaban J connectivity index is 1.90. The zero-order chi connectivity index (χ0) is 19.9. The van der Waals surface area contributed by atoms with Crippen LogP contribution in [0.1, 0.15) is 38.1 Å². The molecule has 0 unspecified atom stereocenters. The number of benzene rings is 2. The molecule has 3 N–H and O–H groups in total. The van der Waals surface area contributed by atoms with E-state index in [9.17, 15) is 9.59 Å². The summed E-state index contributed by atoms with van der Waals surface area (Å²) in [4.78, 5) is 24.4. The van der Waals surface area contributed by atoms with E-state index >= 15 is 0 Å². The van der Waals surface area contributed by atoms with Gasteiger partial charge < -0.3 is 20.7 Å². The van der Waals surface area contributed by atoms with Crippen LogP contribution in [0.25, 0.3) is 0 Å². The predicted octanol–water partition coefficient (Wildman–Crippen LogP) is 3.66. The summed E-state index contributed by atoms with van der Waals surface area (Å²) in [5.41, 5.74) is 1.59. The lowest BCUT2D eigenvalue weighted by Crippen LogP contribution is -2.40. The van der Waals surface area contributed by atoms with E-state index in [4.69, 9.17) is 4.74 Å². The largest absolute Gasteiger partial charge is 0.494 e. The second-order valence-corrected chi connectivity index (χ2v) is 7.14. The van der Waals surface area contributed by atoms with Crippen molar-refractivity contribution < 1.29 is 14.3 Å². The molecule has 0 fully saturated rings. The first-order valence-corrected chi connectivity index (χ1v) is 8.96. The lowest BCUT2D eigenvalue weighted by atomic mass is 10.1. The molecule has 0 bridgehead atoms. The molecule has 2 aromatic rings. The summed E-state index contributed by atoms with van der Waals surface area (Å²) in [6.45, 7) is 8.42. The van der Waals surface area contributed by atoms with Gasteiger partial charge in [0.1, 0.15) is 5.75 Å². The summed E-state index contributed by atoms with van der Waals surface area (Å²) in [6, 6.07) is 14.3. The molecular weight excluding hydrogens is 342 g/mol. The smallest absolute Gasteiger partial charge is 0.251 e. The minimum atomic E-state index is -0.321. The zero-order valence-electron chi connectivity index (χ0n) is 16.3. The fraction of sp³-hybridized carbons (Fsp3) is 0.333. The Morgan fingerprint density at radius 1 is 1.00 bits per heavy atom. The topological polar surface area (TPSA) is 79.5 Å². The number of carbonyl (C=O) groups is 2. The Labute approximate surface area is 160 Å². The van der Waals surface area contributed by atoms with Crippen molar-refractivity contribution in [3.8, 4) is 5.75 Å². The van der Waals surface area contributed by atoms with Gasteiger partial charge in [0.05, 0.1) is 13.2 Å². The van der Waals surface area contributed by atoms with Crippen LogP contribution in [0.3, 0.4) is 0 Å². The number of hydrogen-bond donors (Lipinski definition) is 3. The highest BCUT2D eigenvalue weighted by atomic mass is 16.5. The van der Waals surface area contributed by atoms with Gasteiger partial charge in [0.15, 0.2) is 0 Å². The number of amides is 2. The van der Waals surface area contributed by atoms with Crippen LogP contribution < -0.4 is 20.7 Å². The van der Waals surface area contributed by atoms with E-state index in [1.54, 1.807) is 24.3 Å². The van der Waals surface area contributed by atoms with Crippen LogP contribution in [0.4, 0.5) is 11.4 Å². The van der Waals surface area contributed by atoms with Crippen LogP contribution in [0.15, 0.2) is 48.5 Å².